The van der Waals surface area contributed by atoms with E-state index in [4.69, 9.17) is 4.74 Å². The molecule has 4 rings (SSSR count). The zero-order valence-electron chi connectivity index (χ0n) is 13.4. The van der Waals surface area contributed by atoms with Crippen LogP contribution in [-0.2, 0) is 9.89 Å². The minimum absolute atomic E-state index is 0.192. The predicted octanol–water partition coefficient (Wildman–Crippen LogP) is 5.13. The molecular weight excluding hydrogens is 311 g/mol. The summed E-state index contributed by atoms with van der Waals surface area (Å²) in [6.45, 7) is 1.55. The average Bonchev–Trinajstić information content (AvgIpc) is 2.64. The summed E-state index contributed by atoms with van der Waals surface area (Å²) in [5.41, 5.74) is 3.97. The van der Waals surface area contributed by atoms with Crippen LogP contribution in [0.3, 0.4) is 0 Å². The second-order valence-electron chi connectivity index (χ2n) is 5.98. The first-order valence-electron chi connectivity index (χ1n) is 8.21. The normalized spacial score (nSPS) is 14.4. The lowest BCUT2D eigenvalue weighted by Gasteiger charge is -2.34. The molecule has 0 unspecified atom stereocenters. The minimum Gasteiger partial charge on any atom is -0.372 e. The summed E-state index contributed by atoms with van der Waals surface area (Å²) in [6, 6.07) is 32.5. The van der Waals surface area contributed by atoms with Crippen molar-refractivity contribution in [3.05, 3.63) is 108 Å². The van der Waals surface area contributed by atoms with Crippen molar-refractivity contribution in [2.45, 2.75) is 5.16 Å². The molecular formula is C22H19OP. The molecule has 0 N–H and O–H groups in total. The Hall–Kier alpha value is -2.21. The molecule has 3 aromatic rings. The Labute approximate surface area is 144 Å². The molecule has 0 atom stereocenters. The van der Waals surface area contributed by atoms with Gasteiger partial charge in [0.15, 0.2) is 0 Å². The van der Waals surface area contributed by atoms with Gasteiger partial charge < -0.3 is 4.74 Å². The van der Waals surface area contributed by atoms with Crippen LogP contribution in [0.1, 0.15) is 16.7 Å². The molecule has 1 aliphatic heterocycles. The third-order valence-corrected chi connectivity index (χ3v) is 6.12. The van der Waals surface area contributed by atoms with Crippen LogP contribution < -0.4 is 0 Å². The summed E-state index contributed by atoms with van der Waals surface area (Å²) < 4.78 is 5.44. The van der Waals surface area contributed by atoms with Crippen LogP contribution in [0.15, 0.2) is 91.0 Å². The molecule has 2 heteroatoms. The zero-order valence-corrected chi connectivity index (χ0v) is 14.3. The molecule has 0 aromatic heterocycles. The van der Waals surface area contributed by atoms with E-state index < -0.39 is 0 Å². The van der Waals surface area contributed by atoms with Gasteiger partial charge in [-0.05, 0) is 16.7 Å². The second kappa shape index (κ2) is 6.73. The van der Waals surface area contributed by atoms with Crippen molar-refractivity contribution >= 4 is 13.5 Å². The van der Waals surface area contributed by atoms with Gasteiger partial charge in [0, 0.05) is 5.29 Å². The van der Waals surface area contributed by atoms with Crippen molar-refractivity contribution in [3.63, 3.8) is 0 Å². The maximum atomic E-state index is 5.44. The van der Waals surface area contributed by atoms with Crippen molar-refractivity contribution < 1.29 is 4.74 Å². The lowest BCUT2D eigenvalue weighted by atomic mass is 9.84. The average molecular weight is 330 g/mol. The Morgan fingerprint density at radius 2 is 0.958 bits per heavy atom. The summed E-state index contributed by atoms with van der Waals surface area (Å²) in [7, 11) is 1.30. The number of ether oxygens (including phenoxy) is 1. The molecule has 24 heavy (non-hydrogen) atoms. The van der Waals surface area contributed by atoms with E-state index in [0.717, 1.165) is 13.2 Å². The lowest BCUT2D eigenvalue weighted by Crippen LogP contribution is -2.30. The molecule has 0 aliphatic carbocycles. The fraction of sp³-hybridized carbons (Fsp3) is 0.136. The summed E-state index contributed by atoms with van der Waals surface area (Å²) in [4.78, 5) is 0. The summed E-state index contributed by atoms with van der Waals surface area (Å²) >= 11 is 0. The zero-order chi connectivity index (χ0) is 16.2. The molecule has 0 bridgehead atoms. The van der Waals surface area contributed by atoms with Gasteiger partial charge in [0.2, 0.25) is 0 Å². The van der Waals surface area contributed by atoms with Crippen molar-refractivity contribution in [2.24, 2.45) is 0 Å². The van der Waals surface area contributed by atoms with E-state index in [1.165, 1.54) is 30.2 Å². The molecule has 1 saturated heterocycles. The summed E-state index contributed by atoms with van der Waals surface area (Å²) in [6.07, 6.45) is 0. The van der Waals surface area contributed by atoms with Gasteiger partial charge in [-0.25, -0.2) is 0 Å². The molecule has 0 spiro atoms. The van der Waals surface area contributed by atoms with Crippen molar-refractivity contribution in [1.29, 1.82) is 0 Å². The molecule has 118 valence electrons. The molecule has 0 saturated carbocycles. The van der Waals surface area contributed by atoms with E-state index in [1.54, 1.807) is 0 Å². The Morgan fingerprint density at radius 3 is 1.25 bits per heavy atom. The third-order valence-electron chi connectivity index (χ3n) is 4.44. The molecule has 3 aromatic carbocycles. The first-order chi connectivity index (χ1) is 11.9. The van der Waals surface area contributed by atoms with Gasteiger partial charge in [0.05, 0.1) is 18.4 Å². The van der Waals surface area contributed by atoms with Crippen LogP contribution >= 0.6 is 8.20 Å². The topological polar surface area (TPSA) is 9.23 Å². The van der Waals surface area contributed by atoms with Crippen LogP contribution in [-0.4, -0.2) is 18.5 Å². The van der Waals surface area contributed by atoms with Crippen molar-refractivity contribution in [3.8, 4) is 0 Å². The highest BCUT2D eigenvalue weighted by atomic mass is 31.1. The molecule has 1 nitrogen and oxygen atoms in total. The number of hydrogen-bond acceptors (Lipinski definition) is 1. The highest BCUT2D eigenvalue weighted by Gasteiger charge is 2.36. The highest BCUT2D eigenvalue weighted by Crippen LogP contribution is 2.49. The first kappa shape index (κ1) is 15.3. The fourth-order valence-corrected chi connectivity index (χ4v) is 4.85. The smallest absolute Gasteiger partial charge is 0.0870 e. The van der Waals surface area contributed by atoms with Crippen LogP contribution in [0.2, 0.25) is 0 Å². The van der Waals surface area contributed by atoms with Gasteiger partial charge in [-0.1, -0.05) is 99.2 Å². The minimum atomic E-state index is -0.192. The Balaban J connectivity index is 2.03. The molecule has 1 fully saturated rings. The number of benzene rings is 3. The highest BCUT2D eigenvalue weighted by molar-refractivity contribution is 7.43. The van der Waals surface area contributed by atoms with Crippen molar-refractivity contribution in [1.82, 2.24) is 0 Å². The van der Waals surface area contributed by atoms with Crippen LogP contribution in [0.4, 0.5) is 0 Å². The monoisotopic (exact) mass is 330 g/mol. The van der Waals surface area contributed by atoms with Gasteiger partial charge in [-0.2, -0.15) is 0 Å². The van der Waals surface area contributed by atoms with Gasteiger partial charge in [0.1, 0.15) is 0 Å². The standard InChI is InChI=1S/C22H19OP/c1-4-10-18(11-5-1)22(24-21-16-23-17-21,19-12-6-2-7-13-19)20-14-8-3-9-15-20/h1-15H,16-17H2. The molecule has 0 amide bonds. The fourth-order valence-electron chi connectivity index (χ4n) is 3.23. The number of rotatable bonds is 4. The van der Waals surface area contributed by atoms with Crippen LogP contribution in [0, 0.1) is 0 Å². The van der Waals surface area contributed by atoms with E-state index in [0.29, 0.717) is 0 Å². The van der Waals surface area contributed by atoms with E-state index in [9.17, 15) is 0 Å². The maximum absolute atomic E-state index is 5.44. The van der Waals surface area contributed by atoms with E-state index in [-0.39, 0.29) is 5.16 Å². The molecule has 1 heterocycles. The van der Waals surface area contributed by atoms with Gasteiger partial charge >= 0.3 is 0 Å². The largest absolute Gasteiger partial charge is 0.372 e. The Bertz CT molecular complexity index is 723. The van der Waals surface area contributed by atoms with Gasteiger partial charge in [0.25, 0.3) is 0 Å². The lowest BCUT2D eigenvalue weighted by molar-refractivity contribution is 0.164. The van der Waals surface area contributed by atoms with Gasteiger partial charge in [-0.15, -0.1) is 0 Å². The first-order valence-corrected chi connectivity index (χ1v) is 9.11. The Morgan fingerprint density at radius 1 is 0.583 bits per heavy atom. The predicted molar refractivity (Wildman–Crippen MR) is 102 cm³/mol. The second-order valence-corrected chi connectivity index (χ2v) is 7.51. The summed E-state index contributed by atoms with van der Waals surface area (Å²) in [5, 5.41) is 1.26. The van der Waals surface area contributed by atoms with Crippen LogP contribution in [0.25, 0.3) is 0 Å². The quantitative estimate of drug-likeness (QED) is 0.476. The van der Waals surface area contributed by atoms with E-state index in [2.05, 4.69) is 91.0 Å². The molecule has 0 radical (unpaired) electrons. The number of hydrogen-bond donors (Lipinski definition) is 0. The SMILES string of the molecule is c1ccc(C(P=C2COC2)(c2ccccc2)c2ccccc2)cc1. The molecule has 1 aliphatic rings. The van der Waals surface area contributed by atoms with E-state index >= 15 is 0 Å². The van der Waals surface area contributed by atoms with Crippen LogP contribution in [0.5, 0.6) is 0 Å². The Kier molecular flexibility index (Phi) is 4.30. The van der Waals surface area contributed by atoms with Gasteiger partial charge in [-0.3, -0.25) is 0 Å². The van der Waals surface area contributed by atoms with Crippen molar-refractivity contribution in [2.75, 3.05) is 13.2 Å². The summed E-state index contributed by atoms with van der Waals surface area (Å²) in [5.74, 6) is 0. The third kappa shape index (κ3) is 2.71. The van der Waals surface area contributed by atoms with E-state index in [1.807, 2.05) is 0 Å². The maximum Gasteiger partial charge on any atom is 0.0870 e.